The van der Waals surface area contributed by atoms with Crippen LogP contribution in [-0.4, -0.2) is 46.6 Å². The molecule has 0 bridgehead atoms. The fraction of sp³-hybridized carbons (Fsp3) is 0.529. The van der Waals surface area contributed by atoms with Crippen LogP contribution in [0, 0.1) is 0 Å². The lowest BCUT2D eigenvalue weighted by Crippen LogP contribution is -2.44. The number of rotatable bonds is 6. The van der Waals surface area contributed by atoms with E-state index in [4.69, 9.17) is 4.74 Å². The Balaban J connectivity index is 1.48. The minimum absolute atomic E-state index is 0.193. The second-order valence-corrected chi connectivity index (χ2v) is 6.96. The van der Waals surface area contributed by atoms with Crippen molar-refractivity contribution in [3.63, 3.8) is 0 Å². The second kappa shape index (κ2) is 7.86. The average Bonchev–Trinajstić information content (AvgIpc) is 3.04. The summed E-state index contributed by atoms with van der Waals surface area (Å²) in [6.45, 7) is 8.69. The van der Waals surface area contributed by atoms with E-state index in [0.717, 1.165) is 43.7 Å². The normalized spacial score (nSPS) is 19.2. The summed E-state index contributed by atoms with van der Waals surface area (Å²) in [5, 5.41) is 4.25. The van der Waals surface area contributed by atoms with Crippen LogP contribution < -0.4 is 5.32 Å². The molecule has 1 unspecified atom stereocenters. The quantitative estimate of drug-likeness (QED) is 0.881. The van der Waals surface area contributed by atoms with Gasteiger partial charge in [0, 0.05) is 43.6 Å². The summed E-state index contributed by atoms with van der Waals surface area (Å²) in [6, 6.07) is 10.6. The zero-order valence-corrected chi connectivity index (χ0v) is 14.6. The van der Waals surface area contributed by atoms with E-state index in [0.29, 0.717) is 5.92 Å². The number of anilines is 1. The molecule has 2 aromatic rings. The molecule has 0 radical (unpaired) electrons. The number of benzene rings is 1. The molecule has 1 aliphatic rings. The highest BCUT2D eigenvalue weighted by molar-refractivity contribution is 7.09. The molecule has 2 heterocycles. The van der Waals surface area contributed by atoms with Crippen LogP contribution >= 0.6 is 11.5 Å². The van der Waals surface area contributed by atoms with Crippen molar-refractivity contribution in [2.24, 2.45) is 0 Å². The Morgan fingerprint density at radius 1 is 1.35 bits per heavy atom. The third-order valence-electron chi connectivity index (χ3n) is 3.91. The van der Waals surface area contributed by atoms with E-state index in [-0.39, 0.29) is 6.10 Å². The van der Waals surface area contributed by atoms with Crippen LogP contribution in [0.1, 0.15) is 31.2 Å². The molecule has 5 nitrogen and oxygen atoms in total. The summed E-state index contributed by atoms with van der Waals surface area (Å²) in [4.78, 5) is 6.96. The highest BCUT2D eigenvalue weighted by Crippen LogP contribution is 2.18. The molecule has 1 aliphatic heterocycles. The zero-order chi connectivity index (χ0) is 16.1. The van der Waals surface area contributed by atoms with Crippen molar-refractivity contribution in [2.75, 3.05) is 31.6 Å². The van der Waals surface area contributed by atoms with Gasteiger partial charge in [0.05, 0.1) is 12.7 Å². The molecule has 0 saturated carbocycles. The van der Waals surface area contributed by atoms with Gasteiger partial charge in [0.25, 0.3) is 0 Å². The predicted octanol–water partition coefficient (Wildman–Crippen LogP) is 2.97. The van der Waals surface area contributed by atoms with Gasteiger partial charge in [-0.05, 0) is 5.56 Å². The summed E-state index contributed by atoms with van der Waals surface area (Å²) in [5.41, 5.74) is 1.35. The van der Waals surface area contributed by atoms with E-state index < -0.39 is 0 Å². The number of morpholine rings is 1. The number of aromatic nitrogens is 2. The number of hydrogen-bond acceptors (Lipinski definition) is 6. The highest BCUT2D eigenvalue weighted by atomic mass is 32.1. The summed E-state index contributed by atoms with van der Waals surface area (Å²) >= 11 is 1.43. The second-order valence-electron chi connectivity index (χ2n) is 6.21. The van der Waals surface area contributed by atoms with Gasteiger partial charge in [0.15, 0.2) is 0 Å². The molecule has 1 aromatic carbocycles. The summed E-state index contributed by atoms with van der Waals surface area (Å²) in [6.07, 6.45) is 0.193. The van der Waals surface area contributed by atoms with Crippen molar-refractivity contribution < 1.29 is 4.74 Å². The first kappa shape index (κ1) is 16.4. The van der Waals surface area contributed by atoms with Gasteiger partial charge in [-0.25, -0.2) is 4.98 Å². The first-order chi connectivity index (χ1) is 11.2. The van der Waals surface area contributed by atoms with Crippen molar-refractivity contribution in [1.29, 1.82) is 0 Å². The molecule has 1 atom stereocenters. The van der Waals surface area contributed by atoms with Crippen molar-refractivity contribution >= 4 is 16.7 Å². The monoisotopic (exact) mass is 332 g/mol. The molecule has 6 heteroatoms. The highest BCUT2D eigenvalue weighted by Gasteiger charge is 2.20. The maximum Gasteiger partial charge on any atom is 0.202 e. The Bertz CT molecular complexity index is 602. The standard InChI is InChI=1S/C17H24N4OS/c1-13(2)16-19-17(23-20-16)18-10-15-12-21(8-9-22-15)11-14-6-4-3-5-7-14/h3-7,13,15H,8-12H2,1-2H3,(H,18,19,20). The van der Waals surface area contributed by atoms with Crippen molar-refractivity contribution in [1.82, 2.24) is 14.3 Å². The molecule has 23 heavy (non-hydrogen) atoms. The first-order valence-electron chi connectivity index (χ1n) is 8.16. The number of nitrogens with one attached hydrogen (secondary N) is 1. The molecule has 1 fully saturated rings. The van der Waals surface area contributed by atoms with Gasteiger partial charge in [-0.1, -0.05) is 44.2 Å². The van der Waals surface area contributed by atoms with E-state index in [1.165, 1.54) is 17.1 Å². The van der Waals surface area contributed by atoms with E-state index >= 15 is 0 Å². The van der Waals surface area contributed by atoms with Gasteiger partial charge in [0.2, 0.25) is 5.13 Å². The van der Waals surface area contributed by atoms with Crippen LogP contribution in [0.5, 0.6) is 0 Å². The van der Waals surface area contributed by atoms with Crippen LogP contribution in [0.25, 0.3) is 0 Å². The fourth-order valence-corrected chi connectivity index (χ4v) is 3.35. The van der Waals surface area contributed by atoms with Crippen molar-refractivity contribution in [3.05, 3.63) is 41.7 Å². The lowest BCUT2D eigenvalue weighted by Gasteiger charge is -2.33. The summed E-state index contributed by atoms with van der Waals surface area (Å²) in [5.74, 6) is 1.28. The molecule has 124 valence electrons. The van der Waals surface area contributed by atoms with Gasteiger partial charge < -0.3 is 10.1 Å². The Kier molecular flexibility index (Phi) is 5.59. The minimum atomic E-state index is 0.193. The summed E-state index contributed by atoms with van der Waals surface area (Å²) < 4.78 is 10.2. The van der Waals surface area contributed by atoms with Crippen LogP contribution in [0.3, 0.4) is 0 Å². The van der Waals surface area contributed by atoms with Crippen LogP contribution in [0.15, 0.2) is 30.3 Å². The van der Waals surface area contributed by atoms with Crippen LogP contribution in [0.4, 0.5) is 5.13 Å². The largest absolute Gasteiger partial charge is 0.374 e. The Morgan fingerprint density at radius 2 is 2.17 bits per heavy atom. The molecule has 0 spiro atoms. The maximum atomic E-state index is 5.87. The average molecular weight is 332 g/mol. The van der Waals surface area contributed by atoms with Crippen LogP contribution in [-0.2, 0) is 11.3 Å². The third-order valence-corrected chi connectivity index (χ3v) is 4.60. The molecule has 0 aliphatic carbocycles. The van der Waals surface area contributed by atoms with E-state index in [2.05, 4.69) is 63.8 Å². The number of ether oxygens (including phenoxy) is 1. The number of nitrogens with zero attached hydrogens (tertiary/aromatic N) is 3. The van der Waals surface area contributed by atoms with E-state index in [9.17, 15) is 0 Å². The molecule has 1 saturated heterocycles. The predicted molar refractivity (Wildman–Crippen MR) is 93.9 cm³/mol. The van der Waals surface area contributed by atoms with Gasteiger partial charge >= 0.3 is 0 Å². The van der Waals surface area contributed by atoms with Crippen LogP contribution in [0.2, 0.25) is 0 Å². The third kappa shape index (κ3) is 4.73. The van der Waals surface area contributed by atoms with Crippen molar-refractivity contribution in [3.8, 4) is 0 Å². The SMILES string of the molecule is CC(C)c1nsc(NCC2CN(Cc3ccccc3)CCO2)n1. The summed E-state index contributed by atoms with van der Waals surface area (Å²) in [7, 11) is 0. The Morgan fingerprint density at radius 3 is 2.91 bits per heavy atom. The zero-order valence-electron chi connectivity index (χ0n) is 13.7. The smallest absolute Gasteiger partial charge is 0.202 e. The lowest BCUT2D eigenvalue weighted by molar-refractivity contribution is -0.0240. The van der Waals surface area contributed by atoms with Crippen molar-refractivity contribution in [2.45, 2.75) is 32.4 Å². The lowest BCUT2D eigenvalue weighted by atomic mass is 10.2. The fourth-order valence-electron chi connectivity index (χ4n) is 2.63. The molecular formula is C17H24N4OS. The maximum absolute atomic E-state index is 5.87. The number of hydrogen-bond donors (Lipinski definition) is 1. The van der Waals surface area contributed by atoms with Gasteiger partial charge in [-0.15, -0.1) is 0 Å². The topological polar surface area (TPSA) is 50.3 Å². The molecule has 0 amide bonds. The Hall–Kier alpha value is -1.50. The van der Waals surface area contributed by atoms with E-state index in [1.807, 2.05) is 0 Å². The minimum Gasteiger partial charge on any atom is -0.374 e. The molecule has 1 N–H and O–H groups in total. The van der Waals surface area contributed by atoms with Gasteiger partial charge in [-0.3, -0.25) is 4.90 Å². The first-order valence-corrected chi connectivity index (χ1v) is 8.93. The van der Waals surface area contributed by atoms with E-state index in [1.54, 1.807) is 0 Å². The molecule has 1 aromatic heterocycles. The van der Waals surface area contributed by atoms with Gasteiger partial charge in [-0.2, -0.15) is 4.37 Å². The Labute approximate surface area is 141 Å². The molecular weight excluding hydrogens is 308 g/mol. The molecule has 3 rings (SSSR count). The van der Waals surface area contributed by atoms with Gasteiger partial charge in [0.1, 0.15) is 5.82 Å².